The monoisotopic (exact) mass is 270 g/mol. The molecule has 1 fully saturated rings. The van der Waals surface area contributed by atoms with Gasteiger partial charge in [0.25, 0.3) is 0 Å². The van der Waals surface area contributed by atoms with E-state index in [1.807, 2.05) is 6.92 Å². The fraction of sp³-hybridized carbons (Fsp3) is 0.769. The summed E-state index contributed by atoms with van der Waals surface area (Å²) in [7, 11) is 0. The van der Waals surface area contributed by atoms with Crippen LogP contribution in [0.2, 0.25) is 0 Å². The zero-order valence-electron chi connectivity index (χ0n) is 11.6. The van der Waals surface area contributed by atoms with E-state index in [4.69, 9.17) is 5.73 Å². The highest BCUT2D eigenvalue weighted by molar-refractivity contribution is 5.92. The third-order valence-electron chi connectivity index (χ3n) is 3.94. The molecule has 108 valence electrons. The quantitative estimate of drug-likeness (QED) is 0.675. The van der Waals surface area contributed by atoms with Crippen LogP contribution in [0.15, 0.2) is 0 Å². The van der Waals surface area contributed by atoms with Crippen molar-refractivity contribution in [1.82, 2.24) is 5.32 Å². The number of carboxylic acid groups (broad SMARTS) is 1. The second kappa shape index (κ2) is 5.59. The largest absolute Gasteiger partial charge is 0.481 e. The number of rotatable bonds is 5. The molecular formula is C13H22N2O4. The Morgan fingerprint density at radius 1 is 1.26 bits per heavy atom. The van der Waals surface area contributed by atoms with E-state index in [-0.39, 0.29) is 5.92 Å². The highest BCUT2D eigenvalue weighted by atomic mass is 16.4. The van der Waals surface area contributed by atoms with Gasteiger partial charge in [-0.05, 0) is 32.6 Å². The topological polar surface area (TPSA) is 109 Å². The van der Waals surface area contributed by atoms with Crippen molar-refractivity contribution < 1.29 is 19.5 Å². The Labute approximate surface area is 112 Å². The van der Waals surface area contributed by atoms with Crippen molar-refractivity contribution in [1.29, 1.82) is 0 Å². The number of hydrogen-bond acceptors (Lipinski definition) is 3. The van der Waals surface area contributed by atoms with Gasteiger partial charge in [0.1, 0.15) is 5.54 Å². The van der Waals surface area contributed by atoms with Crippen molar-refractivity contribution in [2.75, 3.05) is 0 Å². The Morgan fingerprint density at radius 3 is 2.21 bits per heavy atom. The van der Waals surface area contributed by atoms with Gasteiger partial charge in [-0.1, -0.05) is 13.3 Å². The summed E-state index contributed by atoms with van der Waals surface area (Å²) in [5, 5.41) is 11.7. The van der Waals surface area contributed by atoms with Crippen LogP contribution in [0.4, 0.5) is 0 Å². The number of nitrogens with two attached hydrogens (primary N) is 1. The average Bonchev–Trinajstić information content (AvgIpc) is 2.72. The van der Waals surface area contributed by atoms with Gasteiger partial charge >= 0.3 is 5.97 Å². The normalized spacial score (nSPS) is 27.0. The summed E-state index contributed by atoms with van der Waals surface area (Å²) in [6.07, 6.45) is 1.92. The molecular weight excluding hydrogens is 248 g/mol. The summed E-state index contributed by atoms with van der Waals surface area (Å²) in [6.45, 7) is 5.00. The van der Waals surface area contributed by atoms with Gasteiger partial charge in [0.2, 0.25) is 11.8 Å². The van der Waals surface area contributed by atoms with Gasteiger partial charge in [-0.15, -0.1) is 0 Å². The Kier molecular flexibility index (Phi) is 4.55. The fourth-order valence-electron chi connectivity index (χ4n) is 2.50. The first-order valence-corrected chi connectivity index (χ1v) is 6.53. The van der Waals surface area contributed by atoms with Crippen LogP contribution in [0.1, 0.15) is 40.0 Å². The fourth-order valence-corrected chi connectivity index (χ4v) is 2.50. The van der Waals surface area contributed by atoms with Crippen molar-refractivity contribution in [3.05, 3.63) is 0 Å². The lowest BCUT2D eigenvalue weighted by molar-refractivity contribution is -0.146. The van der Waals surface area contributed by atoms with E-state index in [9.17, 15) is 19.5 Å². The Balaban J connectivity index is 2.80. The Bertz CT molecular complexity index is 392. The molecule has 6 nitrogen and oxygen atoms in total. The van der Waals surface area contributed by atoms with E-state index in [1.165, 1.54) is 13.8 Å². The lowest BCUT2D eigenvalue weighted by Gasteiger charge is -2.25. The third-order valence-corrected chi connectivity index (χ3v) is 3.94. The molecule has 0 bridgehead atoms. The van der Waals surface area contributed by atoms with Crippen LogP contribution < -0.4 is 11.1 Å². The minimum Gasteiger partial charge on any atom is -0.481 e. The van der Waals surface area contributed by atoms with Crippen molar-refractivity contribution >= 4 is 17.8 Å². The number of hydrogen-bond donors (Lipinski definition) is 3. The smallest absolute Gasteiger partial charge is 0.307 e. The predicted molar refractivity (Wildman–Crippen MR) is 69.0 cm³/mol. The molecule has 1 saturated carbocycles. The average molecular weight is 270 g/mol. The Hall–Kier alpha value is -1.59. The van der Waals surface area contributed by atoms with Gasteiger partial charge in [0.05, 0.1) is 11.8 Å². The molecule has 0 heterocycles. The van der Waals surface area contributed by atoms with Crippen LogP contribution in [-0.2, 0) is 14.4 Å². The molecule has 0 aromatic carbocycles. The summed E-state index contributed by atoms with van der Waals surface area (Å²) in [4.78, 5) is 34.6. The lowest BCUT2D eigenvalue weighted by Crippen LogP contribution is -2.55. The molecule has 0 aromatic heterocycles. The minimum absolute atomic E-state index is 0.244. The molecule has 0 aliphatic heterocycles. The number of carboxylic acids is 1. The predicted octanol–water partition coefficient (Wildman–Crippen LogP) is 0.504. The van der Waals surface area contributed by atoms with Crippen molar-refractivity contribution in [2.24, 2.45) is 23.5 Å². The number of amides is 2. The van der Waals surface area contributed by atoms with Gasteiger partial charge in [-0.3, -0.25) is 14.4 Å². The van der Waals surface area contributed by atoms with Crippen LogP contribution in [0.5, 0.6) is 0 Å². The highest BCUT2D eigenvalue weighted by Gasteiger charge is 2.43. The molecule has 0 spiro atoms. The van der Waals surface area contributed by atoms with Crippen LogP contribution in [-0.4, -0.2) is 28.4 Å². The number of aliphatic carboxylic acids is 1. The maximum atomic E-state index is 12.2. The third kappa shape index (κ3) is 3.45. The Morgan fingerprint density at radius 2 is 1.79 bits per heavy atom. The van der Waals surface area contributed by atoms with Gasteiger partial charge in [-0.2, -0.15) is 0 Å². The molecule has 6 heteroatoms. The summed E-state index contributed by atoms with van der Waals surface area (Å²) in [5.41, 5.74) is 4.03. The van der Waals surface area contributed by atoms with E-state index in [0.29, 0.717) is 12.8 Å². The molecule has 19 heavy (non-hydrogen) atoms. The maximum Gasteiger partial charge on any atom is 0.307 e. The SMILES string of the molecule is CCC1CC(C(=O)O)C(C(=O)NC(C)(C)C(N)=O)C1. The first kappa shape index (κ1) is 15.5. The first-order chi connectivity index (χ1) is 8.69. The zero-order chi connectivity index (χ0) is 14.8. The van der Waals surface area contributed by atoms with Gasteiger partial charge in [-0.25, -0.2) is 0 Å². The van der Waals surface area contributed by atoms with Crippen LogP contribution >= 0.6 is 0 Å². The molecule has 0 aromatic rings. The molecule has 1 aliphatic carbocycles. The van der Waals surface area contributed by atoms with E-state index in [1.54, 1.807) is 0 Å². The molecule has 4 N–H and O–H groups in total. The van der Waals surface area contributed by atoms with E-state index in [2.05, 4.69) is 5.32 Å². The second-order valence-electron chi connectivity index (χ2n) is 5.78. The van der Waals surface area contributed by atoms with Crippen molar-refractivity contribution in [3.63, 3.8) is 0 Å². The molecule has 2 amide bonds. The maximum absolute atomic E-state index is 12.2. The molecule has 3 unspecified atom stereocenters. The van der Waals surface area contributed by atoms with Gasteiger partial charge < -0.3 is 16.2 Å². The van der Waals surface area contributed by atoms with Gasteiger partial charge in [0.15, 0.2) is 0 Å². The molecule has 0 radical (unpaired) electrons. The second-order valence-corrected chi connectivity index (χ2v) is 5.78. The summed E-state index contributed by atoms with van der Waals surface area (Å²) < 4.78 is 0. The summed E-state index contributed by atoms with van der Waals surface area (Å²) in [6, 6.07) is 0. The van der Waals surface area contributed by atoms with Crippen LogP contribution in [0, 0.1) is 17.8 Å². The highest BCUT2D eigenvalue weighted by Crippen LogP contribution is 2.38. The lowest BCUT2D eigenvalue weighted by atomic mass is 9.93. The van der Waals surface area contributed by atoms with Gasteiger partial charge in [0, 0.05) is 0 Å². The molecule has 1 rings (SSSR count). The number of carbonyl (C=O) groups excluding carboxylic acids is 2. The van der Waals surface area contributed by atoms with E-state index < -0.39 is 35.2 Å². The molecule has 1 aliphatic rings. The van der Waals surface area contributed by atoms with Crippen LogP contribution in [0.25, 0.3) is 0 Å². The van der Waals surface area contributed by atoms with Crippen LogP contribution in [0.3, 0.4) is 0 Å². The summed E-state index contributed by atoms with van der Waals surface area (Å²) in [5.74, 6) is -3.00. The van der Waals surface area contributed by atoms with Crippen molar-refractivity contribution in [2.45, 2.75) is 45.6 Å². The van der Waals surface area contributed by atoms with E-state index >= 15 is 0 Å². The standard InChI is InChI=1S/C13H22N2O4/c1-4-7-5-8(9(6-7)11(17)18)10(16)15-13(2,3)12(14)19/h7-9H,4-6H2,1-3H3,(H2,14,19)(H,15,16)(H,17,18). The summed E-state index contributed by atoms with van der Waals surface area (Å²) >= 11 is 0. The van der Waals surface area contributed by atoms with Crippen molar-refractivity contribution in [3.8, 4) is 0 Å². The van der Waals surface area contributed by atoms with E-state index in [0.717, 1.165) is 6.42 Å². The number of nitrogens with one attached hydrogen (secondary N) is 1. The minimum atomic E-state index is -1.16. The number of primary amides is 1. The molecule has 0 saturated heterocycles. The first-order valence-electron chi connectivity index (χ1n) is 6.53. The molecule has 3 atom stereocenters. The number of carbonyl (C=O) groups is 3. The zero-order valence-corrected chi connectivity index (χ0v) is 11.6.